The van der Waals surface area contributed by atoms with Crippen LogP contribution in [-0.4, -0.2) is 58.3 Å². The predicted octanol–water partition coefficient (Wildman–Crippen LogP) is -0.694. The van der Waals surface area contributed by atoms with E-state index in [2.05, 4.69) is 13.2 Å². The Labute approximate surface area is 122 Å². The van der Waals surface area contributed by atoms with Gasteiger partial charge in [-0.25, -0.2) is 4.79 Å². The largest absolute Gasteiger partial charge is 0.465 e. The van der Waals surface area contributed by atoms with Gasteiger partial charge in [0.05, 0.1) is 25.2 Å². The lowest BCUT2D eigenvalue weighted by Crippen LogP contribution is -2.56. The van der Waals surface area contributed by atoms with Crippen LogP contribution in [0.5, 0.6) is 0 Å². The molecular weight excluding hydrogens is 280 g/mol. The molecule has 1 fully saturated rings. The standard InChI is InChI=1S/C14H20O7/c1-3-5-11(17)20-7-8-6-9(15)14(13(19)12(8)18)21-10(16)4-2/h3-4,8-9,12-15,18-19H,1-2,5-7H2. The van der Waals surface area contributed by atoms with Gasteiger partial charge < -0.3 is 24.8 Å². The van der Waals surface area contributed by atoms with Gasteiger partial charge in [0.1, 0.15) is 6.10 Å². The van der Waals surface area contributed by atoms with E-state index in [0.29, 0.717) is 0 Å². The normalized spacial score (nSPS) is 32.0. The molecular formula is C14H20O7. The van der Waals surface area contributed by atoms with E-state index < -0.39 is 42.3 Å². The highest BCUT2D eigenvalue weighted by Crippen LogP contribution is 2.28. The second-order valence-corrected chi connectivity index (χ2v) is 4.83. The summed E-state index contributed by atoms with van der Waals surface area (Å²) in [4.78, 5) is 22.3. The van der Waals surface area contributed by atoms with Gasteiger partial charge in [-0.1, -0.05) is 12.7 Å². The van der Waals surface area contributed by atoms with Gasteiger partial charge in [0.15, 0.2) is 6.10 Å². The molecule has 0 bridgehead atoms. The molecule has 0 saturated heterocycles. The number of esters is 2. The Morgan fingerprint density at radius 1 is 1.19 bits per heavy atom. The molecule has 118 valence electrons. The number of carbonyl (C=O) groups excluding carboxylic acids is 2. The van der Waals surface area contributed by atoms with E-state index in [1.807, 2.05) is 0 Å². The second-order valence-electron chi connectivity index (χ2n) is 4.83. The zero-order valence-corrected chi connectivity index (χ0v) is 11.6. The summed E-state index contributed by atoms with van der Waals surface area (Å²) in [7, 11) is 0. The summed E-state index contributed by atoms with van der Waals surface area (Å²) in [6.07, 6.45) is -2.83. The zero-order chi connectivity index (χ0) is 16.0. The average Bonchev–Trinajstić information content (AvgIpc) is 2.46. The van der Waals surface area contributed by atoms with Crippen molar-refractivity contribution in [3.63, 3.8) is 0 Å². The Balaban J connectivity index is 2.61. The first-order chi connectivity index (χ1) is 9.90. The maximum absolute atomic E-state index is 11.2. The summed E-state index contributed by atoms with van der Waals surface area (Å²) >= 11 is 0. The molecule has 7 nitrogen and oxygen atoms in total. The SMILES string of the molecule is C=CCC(=O)OCC1CC(O)C(OC(=O)C=C)C(O)C1O. The van der Waals surface area contributed by atoms with Crippen molar-refractivity contribution < 1.29 is 34.4 Å². The van der Waals surface area contributed by atoms with Crippen molar-refractivity contribution in [2.24, 2.45) is 5.92 Å². The molecule has 21 heavy (non-hydrogen) atoms. The molecule has 0 radical (unpaired) electrons. The van der Waals surface area contributed by atoms with Crippen LogP contribution in [0.15, 0.2) is 25.3 Å². The van der Waals surface area contributed by atoms with Crippen LogP contribution in [0.2, 0.25) is 0 Å². The van der Waals surface area contributed by atoms with Crippen LogP contribution >= 0.6 is 0 Å². The number of aliphatic hydroxyl groups excluding tert-OH is 3. The lowest BCUT2D eigenvalue weighted by atomic mass is 9.81. The maximum atomic E-state index is 11.2. The quantitative estimate of drug-likeness (QED) is 0.338. The summed E-state index contributed by atoms with van der Waals surface area (Å²) in [6.45, 7) is 6.46. The van der Waals surface area contributed by atoms with Gasteiger partial charge in [0.25, 0.3) is 0 Å². The van der Waals surface area contributed by atoms with Gasteiger partial charge in [0.2, 0.25) is 0 Å². The van der Waals surface area contributed by atoms with Gasteiger partial charge in [-0.05, 0) is 6.42 Å². The van der Waals surface area contributed by atoms with Gasteiger partial charge in [-0.2, -0.15) is 0 Å². The molecule has 0 aromatic rings. The number of hydrogen-bond donors (Lipinski definition) is 3. The molecule has 0 aromatic heterocycles. The summed E-state index contributed by atoms with van der Waals surface area (Å²) in [6, 6.07) is 0. The molecule has 1 aliphatic rings. The van der Waals surface area contributed by atoms with Crippen LogP contribution < -0.4 is 0 Å². The third kappa shape index (κ3) is 4.66. The lowest BCUT2D eigenvalue weighted by molar-refractivity contribution is -0.192. The molecule has 1 saturated carbocycles. The molecule has 7 heteroatoms. The second kappa shape index (κ2) is 7.92. The first-order valence-corrected chi connectivity index (χ1v) is 6.54. The zero-order valence-electron chi connectivity index (χ0n) is 11.6. The van der Waals surface area contributed by atoms with E-state index in [1.54, 1.807) is 0 Å². The van der Waals surface area contributed by atoms with Crippen molar-refractivity contribution in [3.8, 4) is 0 Å². The Bertz CT molecular complexity index is 406. The van der Waals surface area contributed by atoms with Crippen molar-refractivity contribution in [1.82, 2.24) is 0 Å². The van der Waals surface area contributed by atoms with Gasteiger partial charge in [0, 0.05) is 12.0 Å². The van der Waals surface area contributed by atoms with Gasteiger partial charge in [-0.15, -0.1) is 6.58 Å². The van der Waals surface area contributed by atoms with Gasteiger partial charge >= 0.3 is 11.9 Å². The van der Waals surface area contributed by atoms with Crippen molar-refractivity contribution in [2.75, 3.05) is 6.61 Å². The molecule has 1 aliphatic carbocycles. The molecule has 0 spiro atoms. The molecule has 5 unspecified atom stereocenters. The highest BCUT2D eigenvalue weighted by atomic mass is 16.6. The van der Waals surface area contributed by atoms with E-state index in [-0.39, 0.29) is 19.4 Å². The van der Waals surface area contributed by atoms with Crippen LogP contribution in [0.1, 0.15) is 12.8 Å². The Morgan fingerprint density at radius 2 is 1.86 bits per heavy atom. The Morgan fingerprint density at radius 3 is 2.43 bits per heavy atom. The van der Waals surface area contributed by atoms with E-state index in [4.69, 9.17) is 9.47 Å². The van der Waals surface area contributed by atoms with Crippen molar-refractivity contribution in [2.45, 2.75) is 37.3 Å². The topological polar surface area (TPSA) is 113 Å². The number of aliphatic hydroxyl groups is 3. The summed E-state index contributed by atoms with van der Waals surface area (Å²) in [5, 5.41) is 29.8. The predicted molar refractivity (Wildman–Crippen MR) is 72.0 cm³/mol. The first kappa shape index (κ1) is 17.4. The highest BCUT2D eigenvalue weighted by Gasteiger charge is 2.45. The van der Waals surface area contributed by atoms with Crippen molar-refractivity contribution in [3.05, 3.63) is 25.3 Å². The molecule has 1 rings (SSSR count). The smallest absolute Gasteiger partial charge is 0.330 e. The Hall–Kier alpha value is -1.70. The van der Waals surface area contributed by atoms with Crippen molar-refractivity contribution in [1.29, 1.82) is 0 Å². The first-order valence-electron chi connectivity index (χ1n) is 6.54. The van der Waals surface area contributed by atoms with Crippen LogP contribution in [0.4, 0.5) is 0 Å². The van der Waals surface area contributed by atoms with E-state index in [0.717, 1.165) is 6.08 Å². The fraction of sp³-hybridized carbons (Fsp3) is 0.571. The van der Waals surface area contributed by atoms with Crippen LogP contribution in [0.3, 0.4) is 0 Å². The number of rotatable bonds is 6. The molecule has 0 aliphatic heterocycles. The minimum absolute atomic E-state index is 0.0225. The van der Waals surface area contributed by atoms with Crippen LogP contribution in [-0.2, 0) is 19.1 Å². The molecule has 3 N–H and O–H groups in total. The van der Waals surface area contributed by atoms with Gasteiger partial charge in [-0.3, -0.25) is 4.79 Å². The third-order valence-electron chi connectivity index (χ3n) is 3.28. The summed E-state index contributed by atoms with van der Waals surface area (Å²) in [5.74, 6) is -1.97. The van der Waals surface area contributed by atoms with E-state index in [9.17, 15) is 24.9 Å². The van der Waals surface area contributed by atoms with Crippen molar-refractivity contribution >= 4 is 11.9 Å². The maximum Gasteiger partial charge on any atom is 0.330 e. The molecule has 5 atom stereocenters. The molecule has 0 amide bonds. The monoisotopic (exact) mass is 300 g/mol. The molecule has 0 heterocycles. The van der Waals surface area contributed by atoms with Crippen LogP contribution in [0, 0.1) is 5.92 Å². The number of ether oxygens (including phenoxy) is 2. The fourth-order valence-electron chi connectivity index (χ4n) is 2.16. The highest BCUT2D eigenvalue weighted by molar-refractivity contribution is 5.81. The number of hydrogen-bond acceptors (Lipinski definition) is 7. The summed E-state index contributed by atoms with van der Waals surface area (Å²) in [5.41, 5.74) is 0. The minimum Gasteiger partial charge on any atom is -0.465 e. The number of carbonyl (C=O) groups is 2. The van der Waals surface area contributed by atoms with Crippen LogP contribution in [0.25, 0.3) is 0 Å². The minimum atomic E-state index is -1.47. The lowest BCUT2D eigenvalue weighted by Gasteiger charge is -2.39. The summed E-state index contributed by atoms with van der Waals surface area (Å²) < 4.78 is 9.72. The van der Waals surface area contributed by atoms with E-state index >= 15 is 0 Å². The third-order valence-corrected chi connectivity index (χ3v) is 3.28. The fourth-order valence-corrected chi connectivity index (χ4v) is 2.16. The Kier molecular flexibility index (Phi) is 6.54. The van der Waals surface area contributed by atoms with E-state index in [1.165, 1.54) is 6.08 Å². The average molecular weight is 300 g/mol. The molecule has 0 aromatic carbocycles.